The Labute approximate surface area is 107 Å². The molecule has 1 aromatic rings. The van der Waals surface area contributed by atoms with Crippen molar-refractivity contribution in [2.45, 2.75) is 51.6 Å². The quantitative estimate of drug-likeness (QED) is 0.829. The van der Waals surface area contributed by atoms with Gasteiger partial charge in [0.1, 0.15) is 0 Å². The zero-order valence-corrected chi connectivity index (χ0v) is 11.6. The molecule has 1 fully saturated rings. The topological polar surface area (TPSA) is 12.0 Å². The van der Waals surface area contributed by atoms with Gasteiger partial charge in [0.15, 0.2) is 0 Å². The van der Waals surface area contributed by atoms with Gasteiger partial charge >= 0.3 is 0 Å². The molecule has 3 heteroatoms. The molecule has 0 radical (unpaired) electrons. The summed E-state index contributed by atoms with van der Waals surface area (Å²) in [6, 6.07) is 3.11. The Morgan fingerprint density at radius 2 is 2.06 bits per heavy atom. The Morgan fingerprint density at radius 3 is 2.62 bits per heavy atom. The van der Waals surface area contributed by atoms with Gasteiger partial charge in [0.05, 0.1) is 4.34 Å². The van der Waals surface area contributed by atoms with Gasteiger partial charge in [-0.05, 0) is 49.6 Å². The summed E-state index contributed by atoms with van der Waals surface area (Å²) in [7, 11) is 0. The summed E-state index contributed by atoms with van der Waals surface area (Å²) in [5.74, 6) is 0.872. The number of halogens is 1. The van der Waals surface area contributed by atoms with E-state index in [1.165, 1.54) is 31.2 Å². The third-order valence-corrected chi connectivity index (χ3v) is 4.82. The van der Waals surface area contributed by atoms with E-state index in [-0.39, 0.29) is 0 Å². The summed E-state index contributed by atoms with van der Waals surface area (Å²) in [5.41, 5.74) is 1.32. The highest BCUT2D eigenvalue weighted by Crippen LogP contribution is 2.30. The van der Waals surface area contributed by atoms with E-state index < -0.39 is 0 Å². The first-order valence-electron chi connectivity index (χ1n) is 6.17. The van der Waals surface area contributed by atoms with Crippen molar-refractivity contribution in [1.29, 1.82) is 0 Å². The minimum Gasteiger partial charge on any atom is -0.307 e. The molecule has 1 saturated carbocycles. The lowest BCUT2D eigenvalue weighted by molar-refractivity contribution is 0.353. The minimum atomic E-state index is 0.416. The van der Waals surface area contributed by atoms with Crippen LogP contribution in [0.3, 0.4) is 0 Å². The molecule has 0 amide bonds. The van der Waals surface area contributed by atoms with Crippen LogP contribution in [0, 0.1) is 5.92 Å². The van der Waals surface area contributed by atoms with Crippen LogP contribution in [0.4, 0.5) is 0 Å². The first-order valence-corrected chi connectivity index (χ1v) is 7.42. The molecule has 90 valence electrons. The van der Waals surface area contributed by atoms with Crippen molar-refractivity contribution in [1.82, 2.24) is 5.32 Å². The molecule has 2 rings (SSSR count). The van der Waals surface area contributed by atoms with Crippen molar-refractivity contribution >= 4 is 22.9 Å². The van der Waals surface area contributed by atoms with Crippen LogP contribution in [-0.2, 0) is 0 Å². The van der Waals surface area contributed by atoms with E-state index in [1.807, 2.05) is 0 Å². The first-order chi connectivity index (χ1) is 7.66. The summed E-state index contributed by atoms with van der Waals surface area (Å²) < 4.78 is 0.886. The van der Waals surface area contributed by atoms with Crippen LogP contribution < -0.4 is 5.32 Å². The zero-order valence-electron chi connectivity index (χ0n) is 10.0. The normalized spacial score (nSPS) is 21.2. The molecule has 16 heavy (non-hydrogen) atoms. The molecule has 1 unspecified atom stereocenters. The molecule has 1 aliphatic carbocycles. The summed E-state index contributed by atoms with van der Waals surface area (Å²) in [4.78, 5) is 0. The largest absolute Gasteiger partial charge is 0.307 e. The van der Waals surface area contributed by atoms with Gasteiger partial charge in [-0.15, -0.1) is 11.3 Å². The third kappa shape index (κ3) is 2.99. The maximum Gasteiger partial charge on any atom is 0.0931 e. The van der Waals surface area contributed by atoms with Crippen molar-refractivity contribution in [3.05, 3.63) is 21.3 Å². The zero-order chi connectivity index (χ0) is 11.5. The second-order valence-electron chi connectivity index (χ2n) is 4.91. The fraction of sp³-hybridized carbons (Fsp3) is 0.692. The predicted molar refractivity (Wildman–Crippen MR) is 72.3 cm³/mol. The molecule has 1 aliphatic rings. The van der Waals surface area contributed by atoms with Gasteiger partial charge in [-0.1, -0.05) is 24.4 Å². The van der Waals surface area contributed by atoms with Crippen molar-refractivity contribution < 1.29 is 0 Å². The first kappa shape index (κ1) is 12.4. The van der Waals surface area contributed by atoms with Gasteiger partial charge in [-0.2, -0.15) is 0 Å². The lowest BCUT2D eigenvalue weighted by atomic mass is 9.98. The summed E-state index contributed by atoms with van der Waals surface area (Å²) in [6.07, 6.45) is 5.61. The van der Waals surface area contributed by atoms with E-state index >= 15 is 0 Å². The van der Waals surface area contributed by atoms with E-state index in [9.17, 15) is 0 Å². The molecular formula is C13H20ClNS. The standard InChI is InChI=1S/C13H20ClNS/c1-9(11-5-3-4-6-11)15-10(2)12-7-13(14)16-8-12/h7-11,15H,3-6H2,1-2H3/t9-,10?/m1/s1. The number of nitrogens with one attached hydrogen (secondary N) is 1. The lowest BCUT2D eigenvalue weighted by Crippen LogP contribution is -2.34. The van der Waals surface area contributed by atoms with E-state index in [0.717, 1.165) is 10.3 Å². The molecule has 1 aromatic heterocycles. The maximum atomic E-state index is 5.96. The Kier molecular flexibility index (Phi) is 4.28. The molecule has 0 spiro atoms. The molecule has 2 atom stereocenters. The molecule has 0 bridgehead atoms. The van der Waals surface area contributed by atoms with Crippen molar-refractivity contribution in [3.63, 3.8) is 0 Å². The van der Waals surface area contributed by atoms with Gasteiger partial charge in [0.25, 0.3) is 0 Å². The van der Waals surface area contributed by atoms with E-state index in [1.54, 1.807) is 11.3 Å². The van der Waals surface area contributed by atoms with E-state index in [4.69, 9.17) is 11.6 Å². The summed E-state index contributed by atoms with van der Waals surface area (Å²) in [6.45, 7) is 4.55. The molecule has 0 aliphatic heterocycles. The average molecular weight is 258 g/mol. The number of hydrogen-bond donors (Lipinski definition) is 1. The Hall–Kier alpha value is -0.0500. The number of rotatable bonds is 4. The lowest BCUT2D eigenvalue weighted by Gasteiger charge is -2.24. The highest BCUT2D eigenvalue weighted by atomic mass is 35.5. The minimum absolute atomic E-state index is 0.416. The van der Waals surface area contributed by atoms with Crippen LogP contribution in [-0.4, -0.2) is 6.04 Å². The smallest absolute Gasteiger partial charge is 0.0931 e. The fourth-order valence-corrected chi connectivity index (χ4v) is 3.62. The maximum absolute atomic E-state index is 5.96. The molecule has 0 saturated heterocycles. The molecule has 1 heterocycles. The fourth-order valence-electron chi connectivity index (χ4n) is 2.63. The van der Waals surface area contributed by atoms with Gasteiger partial charge < -0.3 is 5.32 Å². The Morgan fingerprint density at radius 1 is 1.38 bits per heavy atom. The molecule has 0 aromatic carbocycles. The van der Waals surface area contributed by atoms with Gasteiger partial charge in [0.2, 0.25) is 0 Å². The summed E-state index contributed by atoms with van der Waals surface area (Å²) >= 11 is 7.58. The second-order valence-corrected chi connectivity index (χ2v) is 6.45. The van der Waals surface area contributed by atoms with E-state index in [2.05, 4.69) is 30.6 Å². The molecular weight excluding hydrogens is 238 g/mol. The molecule has 1 nitrogen and oxygen atoms in total. The van der Waals surface area contributed by atoms with Crippen LogP contribution in [0.2, 0.25) is 4.34 Å². The van der Waals surface area contributed by atoms with Crippen LogP contribution in [0.1, 0.15) is 51.1 Å². The van der Waals surface area contributed by atoms with Crippen molar-refractivity contribution in [2.24, 2.45) is 5.92 Å². The number of thiophene rings is 1. The van der Waals surface area contributed by atoms with Gasteiger partial charge in [-0.3, -0.25) is 0 Å². The molecule has 1 N–H and O–H groups in total. The van der Waals surface area contributed by atoms with Crippen molar-refractivity contribution in [2.75, 3.05) is 0 Å². The van der Waals surface area contributed by atoms with Gasteiger partial charge in [0, 0.05) is 12.1 Å². The Bertz CT molecular complexity index is 330. The predicted octanol–water partition coefficient (Wildman–Crippen LogP) is 4.63. The highest BCUT2D eigenvalue weighted by molar-refractivity contribution is 7.14. The van der Waals surface area contributed by atoms with Crippen LogP contribution >= 0.6 is 22.9 Å². The van der Waals surface area contributed by atoms with Crippen LogP contribution in [0.15, 0.2) is 11.4 Å². The third-order valence-electron chi connectivity index (χ3n) is 3.71. The highest BCUT2D eigenvalue weighted by Gasteiger charge is 2.22. The number of hydrogen-bond acceptors (Lipinski definition) is 2. The van der Waals surface area contributed by atoms with Crippen LogP contribution in [0.25, 0.3) is 0 Å². The summed E-state index contributed by atoms with van der Waals surface area (Å²) in [5, 5.41) is 5.85. The SMILES string of the molecule is CC(N[C@H](C)C1CCCC1)c1csc(Cl)c1. The second kappa shape index (κ2) is 5.52. The average Bonchev–Trinajstić information content (AvgIpc) is 2.87. The monoisotopic (exact) mass is 257 g/mol. The van der Waals surface area contributed by atoms with Crippen molar-refractivity contribution in [3.8, 4) is 0 Å². The Balaban J connectivity index is 1.88. The van der Waals surface area contributed by atoms with Gasteiger partial charge in [-0.25, -0.2) is 0 Å². The van der Waals surface area contributed by atoms with Crippen LogP contribution in [0.5, 0.6) is 0 Å². The van der Waals surface area contributed by atoms with E-state index in [0.29, 0.717) is 12.1 Å².